The minimum Gasteiger partial charge on any atom is -0.478 e. The Balaban J connectivity index is 1.63. The molecule has 1 fully saturated rings. The number of benzene rings is 1. The predicted octanol–water partition coefficient (Wildman–Crippen LogP) is 4.45. The van der Waals surface area contributed by atoms with Crippen LogP contribution < -0.4 is 5.32 Å². The number of carbonyl (C=O) groups is 2. The standard InChI is InChI=1S/C24H27N3O4S2/c28-21(15-32)26-17-6-4-5-16(13-17)22(31-12-11-27-9-2-1-3-10-27)20-14-19-23(33-20)18(24(29)30)7-8-25-19/h4-8,13-14,22,32H,1-3,9-12,15H2,(H,26,28)(H,29,30)/t22-/m1/s1. The van der Waals surface area contributed by atoms with Crippen molar-refractivity contribution >= 4 is 51.7 Å². The third-order valence-corrected chi connectivity index (χ3v) is 7.17. The number of piperidine rings is 1. The fraction of sp³-hybridized carbons (Fsp3) is 0.375. The number of nitrogens with zero attached hydrogens (tertiary/aromatic N) is 2. The van der Waals surface area contributed by atoms with Gasteiger partial charge in [0.15, 0.2) is 0 Å². The number of ether oxygens (including phenoxy) is 1. The molecule has 1 amide bonds. The number of aromatic carboxylic acids is 1. The molecule has 4 rings (SSSR count). The van der Waals surface area contributed by atoms with Gasteiger partial charge < -0.3 is 20.1 Å². The number of fused-ring (bicyclic) bond motifs is 1. The molecule has 1 aromatic carbocycles. The summed E-state index contributed by atoms with van der Waals surface area (Å²) in [4.78, 5) is 31.1. The second kappa shape index (κ2) is 11.1. The van der Waals surface area contributed by atoms with Gasteiger partial charge in [0.25, 0.3) is 0 Å². The van der Waals surface area contributed by atoms with E-state index in [1.807, 2.05) is 30.3 Å². The van der Waals surface area contributed by atoms with Gasteiger partial charge in [0.05, 0.1) is 28.1 Å². The van der Waals surface area contributed by atoms with Crippen LogP contribution in [-0.2, 0) is 9.53 Å². The van der Waals surface area contributed by atoms with E-state index in [1.54, 1.807) is 0 Å². The number of pyridine rings is 1. The molecular weight excluding hydrogens is 458 g/mol. The number of carbonyl (C=O) groups excluding carboxylic acids is 1. The van der Waals surface area contributed by atoms with Gasteiger partial charge in [-0.25, -0.2) is 4.79 Å². The highest BCUT2D eigenvalue weighted by Gasteiger charge is 2.22. The summed E-state index contributed by atoms with van der Waals surface area (Å²) in [5.74, 6) is -1.06. The Morgan fingerprint density at radius 1 is 1.21 bits per heavy atom. The minimum absolute atomic E-state index is 0.0972. The normalized spacial score (nSPS) is 15.4. The summed E-state index contributed by atoms with van der Waals surface area (Å²) in [6.07, 6.45) is 4.84. The van der Waals surface area contributed by atoms with E-state index in [0.29, 0.717) is 22.5 Å². The number of thiophene rings is 1. The fourth-order valence-corrected chi connectivity index (χ4v) is 5.34. The second-order valence-corrected chi connectivity index (χ2v) is 9.41. The lowest BCUT2D eigenvalue weighted by Gasteiger charge is -2.27. The average Bonchev–Trinajstić information content (AvgIpc) is 3.26. The summed E-state index contributed by atoms with van der Waals surface area (Å²) in [6, 6.07) is 11.0. The first-order valence-corrected chi connectivity index (χ1v) is 12.5. The fourth-order valence-electron chi connectivity index (χ4n) is 4.06. The van der Waals surface area contributed by atoms with E-state index in [9.17, 15) is 14.7 Å². The van der Waals surface area contributed by atoms with Gasteiger partial charge in [-0.2, -0.15) is 12.6 Å². The minimum atomic E-state index is -0.977. The third kappa shape index (κ3) is 5.92. The van der Waals surface area contributed by atoms with Crippen molar-refractivity contribution in [3.8, 4) is 0 Å². The quantitative estimate of drug-likeness (QED) is 0.388. The Labute approximate surface area is 202 Å². The highest BCUT2D eigenvalue weighted by molar-refractivity contribution is 7.81. The van der Waals surface area contributed by atoms with Crippen molar-refractivity contribution < 1.29 is 19.4 Å². The highest BCUT2D eigenvalue weighted by Crippen LogP contribution is 2.37. The molecule has 174 valence electrons. The Morgan fingerprint density at radius 3 is 2.79 bits per heavy atom. The number of likely N-dealkylation sites (tertiary alicyclic amines) is 1. The largest absolute Gasteiger partial charge is 0.478 e. The Morgan fingerprint density at radius 2 is 2.03 bits per heavy atom. The van der Waals surface area contributed by atoms with Crippen molar-refractivity contribution in [3.05, 3.63) is 58.6 Å². The van der Waals surface area contributed by atoms with Gasteiger partial charge in [-0.1, -0.05) is 18.6 Å². The number of carboxylic acids is 1. The molecular formula is C24H27N3O4S2. The van der Waals surface area contributed by atoms with Crippen molar-refractivity contribution in [3.63, 3.8) is 0 Å². The SMILES string of the molecule is O=C(CS)Nc1cccc([C@@H](OCCN2CCCCC2)c2cc3nccc(C(=O)O)c3s2)c1. The number of carboxylic acid groups (broad SMARTS) is 1. The molecule has 7 nitrogen and oxygen atoms in total. The van der Waals surface area contributed by atoms with Crippen LogP contribution in [0.2, 0.25) is 0 Å². The van der Waals surface area contributed by atoms with Gasteiger partial charge in [-0.15, -0.1) is 11.3 Å². The predicted molar refractivity (Wildman–Crippen MR) is 134 cm³/mol. The maximum Gasteiger partial charge on any atom is 0.337 e. The molecule has 0 radical (unpaired) electrons. The maximum atomic E-state index is 11.8. The molecule has 2 aromatic heterocycles. The van der Waals surface area contributed by atoms with Crippen molar-refractivity contribution in [1.82, 2.24) is 9.88 Å². The van der Waals surface area contributed by atoms with Crippen molar-refractivity contribution in [1.29, 1.82) is 0 Å². The van der Waals surface area contributed by atoms with Crippen LogP contribution in [0.3, 0.4) is 0 Å². The number of rotatable bonds is 9. The number of amides is 1. The van der Waals surface area contributed by atoms with Crippen molar-refractivity contribution in [2.75, 3.05) is 37.3 Å². The monoisotopic (exact) mass is 485 g/mol. The molecule has 0 unspecified atom stereocenters. The van der Waals surface area contributed by atoms with Crippen LogP contribution in [-0.4, -0.2) is 58.9 Å². The third-order valence-electron chi connectivity index (χ3n) is 5.68. The lowest BCUT2D eigenvalue weighted by atomic mass is 10.1. The van der Waals surface area contributed by atoms with Crippen LogP contribution in [0.5, 0.6) is 0 Å². The molecule has 0 bridgehead atoms. The average molecular weight is 486 g/mol. The molecule has 0 aliphatic carbocycles. The van der Waals surface area contributed by atoms with Crippen LogP contribution in [0.25, 0.3) is 10.2 Å². The summed E-state index contributed by atoms with van der Waals surface area (Å²) in [5.41, 5.74) is 2.42. The van der Waals surface area contributed by atoms with E-state index in [0.717, 1.165) is 30.1 Å². The smallest absolute Gasteiger partial charge is 0.337 e. The molecule has 2 N–H and O–H groups in total. The zero-order chi connectivity index (χ0) is 23.2. The number of hydrogen-bond acceptors (Lipinski definition) is 7. The molecule has 9 heteroatoms. The molecule has 1 atom stereocenters. The van der Waals surface area contributed by atoms with E-state index in [2.05, 4.69) is 27.8 Å². The van der Waals surface area contributed by atoms with Crippen LogP contribution in [0.1, 0.15) is 46.2 Å². The summed E-state index contributed by atoms with van der Waals surface area (Å²) in [7, 11) is 0. The molecule has 1 saturated heterocycles. The van der Waals surface area contributed by atoms with Gasteiger partial charge in [0, 0.05) is 23.3 Å². The Bertz CT molecular complexity index is 1130. The highest BCUT2D eigenvalue weighted by atomic mass is 32.1. The first kappa shape index (κ1) is 23.7. The Hall–Kier alpha value is -2.46. The van der Waals surface area contributed by atoms with Crippen molar-refractivity contribution in [2.24, 2.45) is 0 Å². The molecule has 1 aliphatic rings. The van der Waals surface area contributed by atoms with Gasteiger partial charge in [0.2, 0.25) is 5.91 Å². The number of hydrogen-bond donors (Lipinski definition) is 3. The van der Waals surface area contributed by atoms with Gasteiger partial charge in [-0.3, -0.25) is 9.78 Å². The summed E-state index contributed by atoms with van der Waals surface area (Å²) >= 11 is 5.41. The topological polar surface area (TPSA) is 91.8 Å². The van der Waals surface area contributed by atoms with E-state index >= 15 is 0 Å². The van der Waals surface area contributed by atoms with E-state index in [4.69, 9.17) is 4.74 Å². The van der Waals surface area contributed by atoms with E-state index in [-0.39, 0.29) is 17.2 Å². The molecule has 1 aliphatic heterocycles. The zero-order valence-corrected chi connectivity index (χ0v) is 19.9. The van der Waals surface area contributed by atoms with Crippen molar-refractivity contribution in [2.45, 2.75) is 25.4 Å². The van der Waals surface area contributed by atoms with Crippen LogP contribution in [0.15, 0.2) is 42.6 Å². The molecule has 3 heterocycles. The van der Waals surface area contributed by atoms with E-state index < -0.39 is 12.1 Å². The van der Waals surface area contributed by atoms with Crippen LogP contribution in [0.4, 0.5) is 5.69 Å². The number of aromatic nitrogens is 1. The summed E-state index contributed by atoms with van der Waals surface area (Å²) in [5, 5.41) is 12.4. The molecule has 3 aromatic rings. The lowest BCUT2D eigenvalue weighted by molar-refractivity contribution is -0.113. The summed E-state index contributed by atoms with van der Waals surface area (Å²) < 4.78 is 7.03. The van der Waals surface area contributed by atoms with Crippen LogP contribution in [0, 0.1) is 0 Å². The van der Waals surface area contributed by atoms with E-state index in [1.165, 1.54) is 42.9 Å². The maximum absolute atomic E-state index is 11.8. The molecule has 0 saturated carbocycles. The van der Waals surface area contributed by atoms with Gasteiger partial charge in [0.1, 0.15) is 6.10 Å². The van der Waals surface area contributed by atoms with Gasteiger partial charge in [-0.05, 0) is 55.8 Å². The lowest BCUT2D eigenvalue weighted by Crippen LogP contribution is -2.33. The first-order chi connectivity index (χ1) is 16.0. The summed E-state index contributed by atoms with van der Waals surface area (Å²) in [6.45, 7) is 3.57. The number of anilines is 1. The van der Waals surface area contributed by atoms with Gasteiger partial charge >= 0.3 is 5.97 Å². The molecule has 0 spiro atoms. The number of thiol groups is 1. The Kier molecular flexibility index (Phi) is 7.97. The number of nitrogens with one attached hydrogen (secondary N) is 1. The molecule has 33 heavy (non-hydrogen) atoms. The second-order valence-electron chi connectivity index (χ2n) is 8.01. The first-order valence-electron chi connectivity index (χ1n) is 11.0. The zero-order valence-electron chi connectivity index (χ0n) is 18.2. The van der Waals surface area contributed by atoms with Crippen LogP contribution >= 0.6 is 24.0 Å².